The Kier molecular flexibility index (Phi) is 5.71. The zero-order valence-electron chi connectivity index (χ0n) is 13.7. The molecule has 0 saturated carbocycles. The number of rotatable bonds is 6. The molecule has 1 atom stereocenters. The van der Waals surface area contributed by atoms with Gasteiger partial charge in [0, 0.05) is 28.1 Å². The summed E-state index contributed by atoms with van der Waals surface area (Å²) in [5.41, 5.74) is 2.41. The van der Waals surface area contributed by atoms with Crippen molar-refractivity contribution >= 4 is 40.5 Å². The van der Waals surface area contributed by atoms with E-state index < -0.39 is 5.97 Å². The van der Waals surface area contributed by atoms with Gasteiger partial charge < -0.3 is 10.4 Å². The van der Waals surface area contributed by atoms with E-state index in [4.69, 9.17) is 11.6 Å². The number of carbonyl (C=O) groups is 2. The smallest absolute Gasteiger partial charge is 0.338 e. The number of carboxylic acid groups (broad SMARTS) is 1. The number of hydrogen-bond acceptors (Lipinski definition) is 3. The molecule has 0 fully saturated rings. The number of hydrogen-bond donors (Lipinski definition) is 2. The van der Waals surface area contributed by atoms with Gasteiger partial charge in [-0.15, -0.1) is 11.3 Å². The first kappa shape index (κ1) is 18.2. The Morgan fingerprint density at radius 3 is 2.31 bits per heavy atom. The molecule has 3 rings (SSSR count). The molecule has 6 heteroatoms. The number of carbonyl (C=O) groups excluding carboxylic acids is 1. The molecule has 1 heterocycles. The number of halogens is 1. The highest BCUT2D eigenvalue weighted by molar-refractivity contribution is 7.08. The molecule has 3 aromatic rings. The van der Waals surface area contributed by atoms with Crippen LogP contribution in [-0.2, 0) is 4.79 Å². The van der Waals surface area contributed by atoms with Crippen LogP contribution in [0.15, 0.2) is 65.4 Å². The van der Waals surface area contributed by atoms with E-state index in [0.29, 0.717) is 10.7 Å². The summed E-state index contributed by atoms with van der Waals surface area (Å²) in [4.78, 5) is 23.8. The largest absolute Gasteiger partial charge is 0.478 e. The van der Waals surface area contributed by atoms with Gasteiger partial charge in [-0.25, -0.2) is 4.79 Å². The predicted molar refractivity (Wildman–Crippen MR) is 104 cm³/mol. The number of carboxylic acids is 1. The van der Waals surface area contributed by atoms with Gasteiger partial charge in [-0.3, -0.25) is 4.79 Å². The van der Waals surface area contributed by atoms with Gasteiger partial charge in [-0.2, -0.15) is 0 Å². The van der Waals surface area contributed by atoms with Gasteiger partial charge in [0.2, 0.25) is 5.91 Å². The molecule has 1 amide bonds. The monoisotopic (exact) mass is 385 g/mol. The SMILES string of the molecule is O=C(CC(c1ccccc1)c1ccc(Cl)cc1)Nc1cscc1C(=O)O. The van der Waals surface area contributed by atoms with E-state index in [1.54, 1.807) is 17.5 Å². The second-order valence-electron chi connectivity index (χ2n) is 5.77. The molecule has 0 saturated heterocycles. The molecule has 26 heavy (non-hydrogen) atoms. The molecule has 0 bridgehead atoms. The third-order valence-electron chi connectivity index (χ3n) is 4.03. The van der Waals surface area contributed by atoms with Crippen molar-refractivity contribution in [2.45, 2.75) is 12.3 Å². The van der Waals surface area contributed by atoms with Gasteiger partial charge in [-0.05, 0) is 23.3 Å². The van der Waals surface area contributed by atoms with Crippen molar-refractivity contribution in [3.8, 4) is 0 Å². The number of aromatic carboxylic acids is 1. The van der Waals surface area contributed by atoms with Crippen molar-refractivity contribution in [2.75, 3.05) is 5.32 Å². The summed E-state index contributed by atoms with van der Waals surface area (Å²) >= 11 is 7.22. The molecular weight excluding hydrogens is 370 g/mol. The van der Waals surface area contributed by atoms with E-state index in [0.717, 1.165) is 11.1 Å². The predicted octanol–water partition coefficient (Wildman–Crippen LogP) is 5.26. The third-order valence-corrected chi connectivity index (χ3v) is 5.03. The summed E-state index contributed by atoms with van der Waals surface area (Å²) in [6.07, 6.45) is 0.195. The first-order valence-electron chi connectivity index (χ1n) is 7.94. The fourth-order valence-corrected chi connectivity index (χ4v) is 3.63. The van der Waals surface area contributed by atoms with E-state index in [1.165, 1.54) is 16.7 Å². The number of thiophene rings is 1. The number of nitrogens with one attached hydrogen (secondary N) is 1. The van der Waals surface area contributed by atoms with Crippen LogP contribution in [-0.4, -0.2) is 17.0 Å². The summed E-state index contributed by atoms with van der Waals surface area (Å²) in [5, 5.41) is 15.7. The quantitative estimate of drug-likeness (QED) is 0.608. The molecule has 2 aromatic carbocycles. The van der Waals surface area contributed by atoms with E-state index in [-0.39, 0.29) is 23.8 Å². The van der Waals surface area contributed by atoms with Gasteiger partial charge in [0.1, 0.15) is 0 Å². The van der Waals surface area contributed by atoms with E-state index >= 15 is 0 Å². The molecule has 2 N–H and O–H groups in total. The Bertz CT molecular complexity index is 906. The van der Waals surface area contributed by atoms with Crippen LogP contribution in [0.3, 0.4) is 0 Å². The molecule has 0 spiro atoms. The normalized spacial score (nSPS) is 11.7. The van der Waals surface area contributed by atoms with E-state index in [1.807, 2.05) is 42.5 Å². The Labute approximate surface area is 160 Å². The van der Waals surface area contributed by atoms with E-state index in [2.05, 4.69) is 5.32 Å². The first-order chi connectivity index (χ1) is 12.5. The number of amides is 1. The van der Waals surface area contributed by atoms with Gasteiger partial charge in [0.15, 0.2) is 0 Å². The molecule has 1 unspecified atom stereocenters. The topological polar surface area (TPSA) is 66.4 Å². The minimum Gasteiger partial charge on any atom is -0.478 e. The van der Waals surface area contributed by atoms with Crippen LogP contribution in [0.2, 0.25) is 5.02 Å². The molecule has 0 aliphatic heterocycles. The lowest BCUT2D eigenvalue weighted by atomic mass is 9.88. The van der Waals surface area contributed by atoms with Crippen molar-refractivity contribution in [3.05, 3.63) is 87.1 Å². The lowest BCUT2D eigenvalue weighted by Gasteiger charge is -2.18. The molecule has 132 valence electrons. The minimum atomic E-state index is -1.06. The first-order valence-corrected chi connectivity index (χ1v) is 9.26. The van der Waals surface area contributed by atoms with Gasteiger partial charge in [0.25, 0.3) is 0 Å². The van der Waals surface area contributed by atoms with Crippen molar-refractivity contribution in [2.24, 2.45) is 0 Å². The Morgan fingerprint density at radius 2 is 1.65 bits per heavy atom. The van der Waals surface area contributed by atoms with Crippen molar-refractivity contribution in [3.63, 3.8) is 0 Å². The highest BCUT2D eigenvalue weighted by Crippen LogP contribution is 2.30. The zero-order valence-corrected chi connectivity index (χ0v) is 15.3. The van der Waals surface area contributed by atoms with Crippen molar-refractivity contribution < 1.29 is 14.7 Å². The second-order valence-corrected chi connectivity index (χ2v) is 6.95. The Morgan fingerprint density at radius 1 is 1.00 bits per heavy atom. The fourth-order valence-electron chi connectivity index (χ4n) is 2.75. The second kappa shape index (κ2) is 8.17. The summed E-state index contributed by atoms with van der Waals surface area (Å²) < 4.78 is 0. The molecule has 0 radical (unpaired) electrons. The summed E-state index contributed by atoms with van der Waals surface area (Å²) in [6.45, 7) is 0. The lowest BCUT2D eigenvalue weighted by Crippen LogP contribution is -2.17. The standard InChI is InChI=1S/C20H16ClNO3S/c21-15-8-6-14(7-9-15)16(13-4-2-1-3-5-13)10-19(23)22-18-12-26-11-17(18)20(24)25/h1-9,11-12,16H,10H2,(H,22,23)(H,24,25). The molecule has 0 aliphatic rings. The Hall–Kier alpha value is -2.63. The van der Waals surface area contributed by atoms with Crippen LogP contribution in [0.5, 0.6) is 0 Å². The van der Waals surface area contributed by atoms with Crippen LogP contribution in [0.25, 0.3) is 0 Å². The van der Waals surface area contributed by atoms with Crippen LogP contribution >= 0.6 is 22.9 Å². The van der Waals surface area contributed by atoms with Crippen LogP contribution < -0.4 is 5.32 Å². The van der Waals surface area contributed by atoms with Crippen molar-refractivity contribution in [1.29, 1.82) is 0 Å². The fraction of sp³-hybridized carbons (Fsp3) is 0.100. The Balaban J connectivity index is 1.83. The average molecular weight is 386 g/mol. The summed E-state index contributed by atoms with van der Waals surface area (Å²) in [5.74, 6) is -1.45. The highest BCUT2D eigenvalue weighted by Gasteiger charge is 2.20. The average Bonchev–Trinajstić information content (AvgIpc) is 3.10. The van der Waals surface area contributed by atoms with Crippen LogP contribution in [0, 0.1) is 0 Å². The molecule has 1 aromatic heterocycles. The maximum Gasteiger partial charge on any atom is 0.338 e. The zero-order chi connectivity index (χ0) is 18.5. The van der Waals surface area contributed by atoms with Gasteiger partial charge >= 0.3 is 5.97 Å². The minimum absolute atomic E-state index is 0.103. The van der Waals surface area contributed by atoms with Crippen LogP contribution in [0.4, 0.5) is 5.69 Å². The van der Waals surface area contributed by atoms with Gasteiger partial charge in [0.05, 0.1) is 11.3 Å². The van der Waals surface area contributed by atoms with E-state index in [9.17, 15) is 14.7 Å². The maximum absolute atomic E-state index is 12.6. The van der Waals surface area contributed by atoms with Crippen LogP contribution in [0.1, 0.15) is 33.8 Å². The number of benzene rings is 2. The highest BCUT2D eigenvalue weighted by atomic mass is 35.5. The molecule has 0 aliphatic carbocycles. The summed E-state index contributed by atoms with van der Waals surface area (Å²) in [6, 6.07) is 17.1. The molecular formula is C20H16ClNO3S. The molecule has 4 nitrogen and oxygen atoms in total. The van der Waals surface area contributed by atoms with Gasteiger partial charge in [-0.1, -0.05) is 54.1 Å². The lowest BCUT2D eigenvalue weighted by molar-refractivity contribution is -0.116. The van der Waals surface area contributed by atoms with Crippen molar-refractivity contribution in [1.82, 2.24) is 0 Å². The maximum atomic E-state index is 12.6. The third kappa shape index (κ3) is 4.31. The summed E-state index contributed by atoms with van der Waals surface area (Å²) in [7, 11) is 0. The number of anilines is 1.